The molecule has 0 radical (unpaired) electrons. The van der Waals surface area contributed by atoms with E-state index in [0.717, 1.165) is 0 Å². The van der Waals surface area contributed by atoms with Gasteiger partial charge in [-0.15, -0.1) is 0 Å². The molecule has 0 aromatic carbocycles. The Morgan fingerprint density at radius 1 is 1.00 bits per heavy atom. The van der Waals surface area contributed by atoms with E-state index in [2.05, 4.69) is 9.68 Å². The van der Waals surface area contributed by atoms with Crippen molar-refractivity contribution in [1.82, 2.24) is 11.0 Å². The van der Waals surface area contributed by atoms with E-state index >= 15 is 0 Å². The van der Waals surface area contributed by atoms with Crippen LogP contribution >= 0.6 is 0 Å². The number of hydroxylamine groups is 2. The molecule has 0 unspecified atom stereocenters. The largest absolute Gasteiger partial charge is 0.444 e. The predicted molar refractivity (Wildman–Crippen MR) is 29.7 cm³/mol. The van der Waals surface area contributed by atoms with Crippen LogP contribution in [0.4, 0.5) is 0 Å². The number of carbonyl (C=O) groups is 2. The minimum Gasteiger partial charge on any atom is -0.323 e. The van der Waals surface area contributed by atoms with E-state index in [1.54, 1.807) is 0 Å². The summed E-state index contributed by atoms with van der Waals surface area (Å²) in [6, 6.07) is 0. The fraction of sp³-hybridized carbons (Fsp3) is 0. The van der Waals surface area contributed by atoms with Gasteiger partial charge in [0.1, 0.15) is 0 Å². The van der Waals surface area contributed by atoms with Gasteiger partial charge < -0.3 is 9.68 Å². The van der Waals surface area contributed by atoms with E-state index in [4.69, 9.17) is 10.5 Å². The average molecular weight is 170 g/mol. The van der Waals surface area contributed by atoms with Crippen LogP contribution in [-0.2, 0) is 19.3 Å². The molecule has 0 amide bonds. The molecule has 0 rings (SSSR count). The van der Waals surface area contributed by atoms with Crippen molar-refractivity contribution < 1.29 is 19.3 Å². The SMILES string of the molecule is N#CNOC(=O)C(=O)ONC#N. The molecular formula is C4H2N4O4. The smallest absolute Gasteiger partial charge is 0.323 e. The fourth-order valence-corrected chi connectivity index (χ4v) is 0.222. The minimum atomic E-state index is -1.45. The first kappa shape index (κ1) is 9.52. The van der Waals surface area contributed by atoms with Gasteiger partial charge in [-0.2, -0.15) is 21.5 Å². The summed E-state index contributed by atoms with van der Waals surface area (Å²) < 4.78 is 0. The monoisotopic (exact) mass is 170 g/mol. The lowest BCUT2D eigenvalue weighted by atomic mass is 10.7. The second-order valence-corrected chi connectivity index (χ2v) is 1.21. The summed E-state index contributed by atoms with van der Waals surface area (Å²) in [5, 5.41) is 15.6. The zero-order valence-corrected chi connectivity index (χ0v) is 5.53. The molecule has 0 aliphatic carbocycles. The van der Waals surface area contributed by atoms with Crippen LogP contribution < -0.4 is 11.0 Å². The molecule has 8 nitrogen and oxygen atoms in total. The second-order valence-electron chi connectivity index (χ2n) is 1.21. The van der Waals surface area contributed by atoms with E-state index in [0.29, 0.717) is 0 Å². The first-order valence-electron chi connectivity index (χ1n) is 2.42. The van der Waals surface area contributed by atoms with Crippen LogP contribution in [0.3, 0.4) is 0 Å². The van der Waals surface area contributed by atoms with Crippen molar-refractivity contribution in [3.8, 4) is 12.4 Å². The van der Waals surface area contributed by atoms with Gasteiger partial charge in [-0.25, -0.2) is 9.59 Å². The number of rotatable bonds is 2. The third-order valence-corrected chi connectivity index (χ3v) is 0.545. The van der Waals surface area contributed by atoms with E-state index in [1.807, 2.05) is 0 Å². The highest BCUT2D eigenvalue weighted by atomic mass is 16.7. The molecule has 2 N–H and O–H groups in total. The van der Waals surface area contributed by atoms with Crippen molar-refractivity contribution in [1.29, 1.82) is 10.5 Å². The molecule has 0 aromatic heterocycles. The summed E-state index contributed by atoms with van der Waals surface area (Å²) in [6.07, 6.45) is 2.45. The zero-order valence-electron chi connectivity index (χ0n) is 5.53. The van der Waals surface area contributed by atoms with Crippen molar-refractivity contribution in [3.63, 3.8) is 0 Å². The van der Waals surface area contributed by atoms with Crippen LogP contribution in [0.15, 0.2) is 0 Å². The maximum atomic E-state index is 10.3. The van der Waals surface area contributed by atoms with Crippen molar-refractivity contribution in [2.24, 2.45) is 0 Å². The first-order chi connectivity index (χ1) is 5.72. The van der Waals surface area contributed by atoms with E-state index in [9.17, 15) is 9.59 Å². The molecule has 0 aliphatic heterocycles. The van der Waals surface area contributed by atoms with Crippen LogP contribution in [-0.4, -0.2) is 11.9 Å². The molecule has 0 bridgehead atoms. The summed E-state index contributed by atoms with van der Waals surface area (Å²) in [6.45, 7) is 0. The Morgan fingerprint density at radius 2 is 1.33 bits per heavy atom. The van der Waals surface area contributed by atoms with Gasteiger partial charge in [0.05, 0.1) is 0 Å². The average Bonchev–Trinajstić information content (AvgIpc) is 2.10. The second kappa shape index (κ2) is 5.32. The molecule has 0 aliphatic rings. The number of nitrogens with one attached hydrogen (secondary N) is 2. The number of nitrogens with zero attached hydrogens (tertiary/aromatic N) is 2. The van der Waals surface area contributed by atoms with Gasteiger partial charge in [0.25, 0.3) is 0 Å². The summed E-state index contributed by atoms with van der Waals surface area (Å²) in [7, 11) is 0. The molecule has 62 valence electrons. The predicted octanol–water partition coefficient (Wildman–Crippen LogP) is -1.96. The third kappa shape index (κ3) is 3.53. The van der Waals surface area contributed by atoms with Crippen LogP contribution in [0.2, 0.25) is 0 Å². The van der Waals surface area contributed by atoms with Crippen LogP contribution in [0.5, 0.6) is 0 Å². The van der Waals surface area contributed by atoms with Gasteiger partial charge in [0.15, 0.2) is 0 Å². The lowest BCUT2D eigenvalue weighted by Crippen LogP contribution is -2.28. The minimum absolute atomic E-state index is 1.22. The highest BCUT2D eigenvalue weighted by molar-refractivity contribution is 6.29. The number of hydrogen-bond acceptors (Lipinski definition) is 8. The zero-order chi connectivity index (χ0) is 9.40. The van der Waals surface area contributed by atoms with Gasteiger partial charge in [0, 0.05) is 0 Å². The maximum absolute atomic E-state index is 10.3. The van der Waals surface area contributed by atoms with Crippen molar-refractivity contribution in [2.45, 2.75) is 0 Å². The summed E-state index contributed by atoms with van der Waals surface area (Å²) in [4.78, 5) is 28.2. The van der Waals surface area contributed by atoms with E-state index < -0.39 is 11.9 Å². The highest BCUT2D eigenvalue weighted by Crippen LogP contribution is 1.77. The Bertz CT molecular complexity index is 233. The molecule has 0 heterocycles. The Balaban J connectivity index is 3.73. The van der Waals surface area contributed by atoms with Crippen molar-refractivity contribution >= 4 is 11.9 Å². The molecule has 0 atom stereocenters. The number of carbonyl (C=O) groups excluding carboxylic acids is 2. The number of nitriles is 2. The van der Waals surface area contributed by atoms with E-state index in [-0.39, 0.29) is 0 Å². The molecule has 0 aromatic rings. The topological polar surface area (TPSA) is 124 Å². The van der Waals surface area contributed by atoms with Gasteiger partial charge in [-0.05, 0) is 0 Å². The maximum Gasteiger partial charge on any atom is 0.444 e. The van der Waals surface area contributed by atoms with Crippen molar-refractivity contribution in [2.75, 3.05) is 0 Å². The van der Waals surface area contributed by atoms with Gasteiger partial charge >= 0.3 is 11.9 Å². The normalized spacial score (nSPS) is 6.83. The van der Waals surface area contributed by atoms with Crippen molar-refractivity contribution in [3.05, 3.63) is 0 Å². The summed E-state index contributed by atoms with van der Waals surface area (Å²) in [5.74, 6) is -2.89. The molecule has 12 heavy (non-hydrogen) atoms. The summed E-state index contributed by atoms with van der Waals surface area (Å²) in [5.41, 5.74) is 2.90. The van der Waals surface area contributed by atoms with Gasteiger partial charge in [-0.1, -0.05) is 0 Å². The molecule has 0 fully saturated rings. The first-order valence-corrected chi connectivity index (χ1v) is 2.42. The standard InChI is InChI=1S/C4H2N4O4/c5-1-7-11-3(9)4(10)12-8-2-6/h7-8H. The lowest BCUT2D eigenvalue weighted by molar-refractivity contribution is -0.173. The number of hydrogen-bond donors (Lipinski definition) is 2. The van der Waals surface area contributed by atoms with Gasteiger partial charge in [-0.3, -0.25) is 0 Å². The molecule has 8 heteroatoms. The molecule has 0 spiro atoms. The Labute approximate surface area is 66.2 Å². The van der Waals surface area contributed by atoms with Crippen LogP contribution in [0.1, 0.15) is 0 Å². The van der Waals surface area contributed by atoms with Gasteiger partial charge in [0.2, 0.25) is 12.4 Å². The highest BCUT2D eigenvalue weighted by Gasteiger charge is 2.17. The van der Waals surface area contributed by atoms with E-state index in [1.165, 1.54) is 23.3 Å². The Morgan fingerprint density at radius 3 is 1.58 bits per heavy atom. The lowest BCUT2D eigenvalue weighted by Gasteiger charge is -1.97. The van der Waals surface area contributed by atoms with Crippen LogP contribution in [0, 0.1) is 22.9 Å². The quantitative estimate of drug-likeness (QED) is 0.212. The van der Waals surface area contributed by atoms with Crippen LogP contribution in [0.25, 0.3) is 0 Å². The molecule has 0 saturated heterocycles. The summed E-state index contributed by atoms with van der Waals surface area (Å²) >= 11 is 0. The third-order valence-electron chi connectivity index (χ3n) is 0.545. The molecular weight excluding hydrogens is 168 g/mol. The fourth-order valence-electron chi connectivity index (χ4n) is 0.222. The molecule has 0 saturated carbocycles. The Hall–Kier alpha value is -2.48. The Kier molecular flexibility index (Phi) is 4.22.